The molecule has 1 aliphatic heterocycles. The van der Waals surface area contributed by atoms with Crippen LogP contribution in [-0.2, 0) is 4.79 Å². The van der Waals surface area contributed by atoms with E-state index in [1.54, 1.807) is 19.1 Å². The van der Waals surface area contributed by atoms with E-state index in [0.717, 1.165) is 46.6 Å². The van der Waals surface area contributed by atoms with E-state index in [1.165, 1.54) is 5.57 Å². The van der Waals surface area contributed by atoms with Crippen molar-refractivity contribution in [3.63, 3.8) is 0 Å². The monoisotopic (exact) mass is 361 g/mol. The van der Waals surface area contributed by atoms with Crippen molar-refractivity contribution in [2.24, 2.45) is 0 Å². The van der Waals surface area contributed by atoms with Crippen LogP contribution >= 0.6 is 11.9 Å². The van der Waals surface area contributed by atoms with Crippen LogP contribution in [-0.4, -0.2) is 13.4 Å². The maximum atomic E-state index is 12.2. The second-order valence-corrected chi connectivity index (χ2v) is 7.08. The van der Waals surface area contributed by atoms with E-state index in [4.69, 9.17) is 4.74 Å². The summed E-state index contributed by atoms with van der Waals surface area (Å²) in [7, 11) is 1.65. The number of hydrogen-bond donors (Lipinski definition) is 0. The lowest BCUT2D eigenvalue weighted by atomic mass is 9.90. The van der Waals surface area contributed by atoms with E-state index in [0.29, 0.717) is 5.70 Å². The fourth-order valence-electron chi connectivity index (χ4n) is 3.37. The van der Waals surface area contributed by atoms with E-state index in [-0.39, 0.29) is 0 Å². The molecule has 2 aromatic rings. The minimum Gasteiger partial charge on any atom is -0.495 e. The first-order chi connectivity index (χ1) is 12.8. The highest BCUT2D eigenvalue weighted by atomic mass is 32.2. The van der Waals surface area contributed by atoms with Crippen molar-refractivity contribution < 1.29 is 9.53 Å². The quantitative estimate of drug-likeness (QED) is 0.538. The molecule has 0 bridgehead atoms. The number of fused-ring (bicyclic) bond motifs is 1. The highest BCUT2D eigenvalue weighted by Crippen LogP contribution is 2.48. The van der Waals surface area contributed by atoms with Gasteiger partial charge in [0, 0.05) is 10.5 Å². The molecule has 4 rings (SSSR count). The van der Waals surface area contributed by atoms with Gasteiger partial charge in [-0.25, -0.2) is 0 Å². The van der Waals surface area contributed by atoms with Gasteiger partial charge in [-0.2, -0.15) is 0 Å². The predicted molar refractivity (Wildman–Crippen MR) is 107 cm³/mol. The number of nitrogens with zero attached hydrogens (tertiary/aromatic N) is 1. The lowest BCUT2D eigenvalue weighted by Gasteiger charge is -2.33. The van der Waals surface area contributed by atoms with Gasteiger partial charge in [-0.3, -0.25) is 9.10 Å². The molecule has 0 fully saturated rings. The van der Waals surface area contributed by atoms with Crippen molar-refractivity contribution in [3.05, 3.63) is 83.6 Å². The molecule has 0 atom stereocenters. The molecule has 2 aromatic carbocycles. The molecule has 0 saturated heterocycles. The Morgan fingerprint density at radius 1 is 1.12 bits per heavy atom. The lowest BCUT2D eigenvalue weighted by molar-refractivity contribution is -0.104. The highest BCUT2D eigenvalue weighted by Gasteiger charge is 2.29. The van der Waals surface area contributed by atoms with Crippen LogP contribution in [0.1, 0.15) is 18.4 Å². The molecule has 26 heavy (non-hydrogen) atoms. The number of methoxy groups -OCH3 is 1. The molecule has 4 heteroatoms. The van der Waals surface area contributed by atoms with Gasteiger partial charge >= 0.3 is 0 Å². The molecule has 0 aromatic heterocycles. The van der Waals surface area contributed by atoms with Crippen molar-refractivity contribution >= 4 is 29.5 Å². The summed E-state index contributed by atoms with van der Waals surface area (Å²) in [5.41, 5.74) is 4.87. The molecule has 1 aliphatic carbocycles. The highest BCUT2D eigenvalue weighted by molar-refractivity contribution is 8.01. The fraction of sp³-hybridized carbons (Fsp3) is 0.136. The minimum atomic E-state index is 0.666. The van der Waals surface area contributed by atoms with Crippen LogP contribution in [0, 0.1) is 0 Å². The summed E-state index contributed by atoms with van der Waals surface area (Å²) in [6, 6.07) is 16.1. The maximum absolute atomic E-state index is 12.2. The van der Waals surface area contributed by atoms with Crippen molar-refractivity contribution in [2.45, 2.75) is 17.7 Å². The average molecular weight is 361 g/mol. The first kappa shape index (κ1) is 16.7. The standard InChI is InChI=1S/C22H19NO2S/c1-25-20-13-7-6-12-18(20)23-19(15-24)22(16-9-3-2-4-10-16)17-11-5-8-14-21(17)26-23/h2-3,5-9,11-15H,4,10H2,1H3. The number of hydrogen-bond acceptors (Lipinski definition) is 4. The first-order valence-corrected chi connectivity index (χ1v) is 9.37. The normalized spacial score (nSPS) is 16.2. The zero-order valence-electron chi connectivity index (χ0n) is 14.5. The molecule has 0 saturated carbocycles. The van der Waals surface area contributed by atoms with E-state index in [1.807, 2.05) is 40.7 Å². The number of benzene rings is 2. The predicted octanol–water partition coefficient (Wildman–Crippen LogP) is 5.41. The Hall–Kier alpha value is -2.72. The first-order valence-electron chi connectivity index (χ1n) is 8.59. The summed E-state index contributed by atoms with van der Waals surface area (Å²) in [5.74, 6) is 0.746. The Morgan fingerprint density at radius 3 is 2.69 bits per heavy atom. The third kappa shape index (κ3) is 2.86. The second kappa shape index (κ2) is 7.26. The Bertz CT molecular complexity index is 943. The molecule has 0 radical (unpaired) electrons. The van der Waals surface area contributed by atoms with Gasteiger partial charge in [0.15, 0.2) is 6.29 Å². The van der Waals surface area contributed by atoms with Gasteiger partial charge in [0.2, 0.25) is 0 Å². The van der Waals surface area contributed by atoms with Crippen LogP contribution in [0.5, 0.6) is 5.75 Å². The Kier molecular flexibility index (Phi) is 4.67. The largest absolute Gasteiger partial charge is 0.495 e. The molecule has 0 unspecified atom stereocenters. The van der Waals surface area contributed by atoms with Crippen LogP contribution in [0.2, 0.25) is 0 Å². The lowest BCUT2D eigenvalue weighted by Crippen LogP contribution is -2.22. The third-order valence-corrected chi connectivity index (χ3v) is 5.70. The summed E-state index contributed by atoms with van der Waals surface area (Å²) < 4.78 is 7.53. The summed E-state index contributed by atoms with van der Waals surface area (Å²) >= 11 is 1.56. The molecule has 2 aliphatic rings. The molecule has 130 valence electrons. The zero-order chi connectivity index (χ0) is 17.9. The second-order valence-electron chi connectivity index (χ2n) is 6.09. The van der Waals surface area contributed by atoms with E-state index in [2.05, 4.69) is 30.4 Å². The third-order valence-electron chi connectivity index (χ3n) is 4.57. The van der Waals surface area contributed by atoms with Gasteiger partial charge in [-0.15, -0.1) is 0 Å². The topological polar surface area (TPSA) is 29.5 Å². The fourth-order valence-corrected chi connectivity index (χ4v) is 4.46. The molecule has 3 nitrogen and oxygen atoms in total. The van der Waals surface area contributed by atoms with Gasteiger partial charge in [0.1, 0.15) is 11.4 Å². The Balaban J connectivity index is 1.96. The number of carbonyl (C=O) groups is 1. The number of carbonyl (C=O) groups excluding carboxylic acids is 1. The number of allylic oxidation sites excluding steroid dienone is 6. The minimum absolute atomic E-state index is 0.666. The molecular weight excluding hydrogens is 342 g/mol. The van der Waals surface area contributed by atoms with Gasteiger partial charge < -0.3 is 4.74 Å². The summed E-state index contributed by atoms with van der Waals surface area (Å²) in [4.78, 5) is 13.3. The van der Waals surface area contributed by atoms with Crippen LogP contribution in [0.3, 0.4) is 0 Å². The van der Waals surface area contributed by atoms with Gasteiger partial charge in [0.25, 0.3) is 0 Å². The average Bonchev–Trinajstić information content (AvgIpc) is 2.72. The summed E-state index contributed by atoms with van der Waals surface area (Å²) in [6.07, 6.45) is 9.24. The Labute approximate surface area is 157 Å². The molecule has 0 N–H and O–H groups in total. The summed E-state index contributed by atoms with van der Waals surface area (Å²) in [5, 5.41) is 0. The zero-order valence-corrected chi connectivity index (χ0v) is 15.3. The van der Waals surface area contributed by atoms with Crippen molar-refractivity contribution in [3.8, 4) is 5.75 Å². The van der Waals surface area contributed by atoms with Crippen LogP contribution < -0.4 is 9.04 Å². The smallest absolute Gasteiger partial charge is 0.168 e. The van der Waals surface area contributed by atoms with E-state index < -0.39 is 0 Å². The van der Waals surface area contributed by atoms with Gasteiger partial charge in [0.05, 0.1) is 12.8 Å². The number of para-hydroxylation sites is 2. The van der Waals surface area contributed by atoms with Crippen molar-refractivity contribution in [1.82, 2.24) is 0 Å². The SMILES string of the molecule is COc1ccccc1N1Sc2ccccc2C(C2=CC=CCC2)=C1C=O. The van der Waals surface area contributed by atoms with Gasteiger partial charge in [-0.05, 0) is 54.1 Å². The molecule has 0 spiro atoms. The van der Waals surface area contributed by atoms with Crippen molar-refractivity contribution in [1.29, 1.82) is 0 Å². The number of anilines is 1. The van der Waals surface area contributed by atoms with E-state index >= 15 is 0 Å². The van der Waals surface area contributed by atoms with E-state index in [9.17, 15) is 4.79 Å². The maximum Gasteiger partial charge on any atom is 0.168 e. The summed E-state index contributed by atoms with van der Waals surface area (Å²) in [6.45, 7) is 0. The molecular formula is C22H19NO2S. The van der Waals surface area contributed by atoms with Crippen LogP contribution in [0.4, 0.5) is 5.69 Å². The van der Waals surface area contributed by atoms with Gasteiger partial charge in [-0.1, -0.05) is 48.6 Å². The number of aldehydes is 1. The molecule has 0 amide bonds. The molecule has 1 heterocycles. The number of ether oxygens (including phenoxy) is 1. The number of rotatable bonds is 4. The van der Waals surface area contributed by atoms with Crippen molar-refractivity contribution in [2.75, 3.05) is 11.4 Å². The van der Waals surface area contributed by atoms with Crippen LogP contribution in [0.15, 0.2) is 82.9 Å². The Morgan fingerprint density at radius 2 is 1.92 bits per heavy atom. The van der Waals surface area contributed by atoms with Crippen LogP contribution in [0.25, 0.3) is 5.57 Å².